The highest BCUT2D eigenvalue weighted by Gasteiger charge is 2.29. The summed E-state index contributed by atoms with van der Waals surface area (Å²) in [6.07, 6.45) is -0.695. The molecule has 1 N–H and O–H groups in total. The molecule has 1 aliphatic rings. The predicted molar refractivity (Wildman–Crippen MR) is 39.1 cm³/mol. The average Bonchev–Trinajstić information content (AvgIpc) is 2.36. The van der Waals surface area contributed by atoms with Crippen molar-refractivity contribution in [1.29, 1.82) is 0 Å². The first kappa shape index (κ1) is 8.89. The molecule has 0 aromatic carbocycles. The van der Waals surface area contributed by atoms with Gasteiger partial charge in [0.15, 0.2) is 0 Å². The lowest BCUT2D eigenvalue weighted by molar-refractivity contribution is 0.342. The van der Waals surface area contributed by atoms with Crippen LogP contribution in [0.3, 0.4) is 0 Å². The molecule has 4 nitrogen and oxygen atoms in total. The van der Waals surface area contributed by atoms with Crippen molar-refractivity contribution in [2.45, 2.75) is 12.6 Å². The molecule has 1 fully saturated rings. The second-order valence-corrected chi connectivity index (χ2v) is 4.33. The van der Waals surface area contributed by atoms with Crippen molar-refractivity contribution in [3.05, 3.63) is 0 Å². The number of alkyl halides is 1. The SMILES string of the molecule is CNS(=O)(=O)N1CC[C@@H](F)C1. The van der Waals surface area contributed by atoms with Gasteiger partial charge in [-0.1, -0.05) is 0 Å². The molecule has 1 atom stereocenters. The molecule has 0 aromatic heterocycles. The quantitative estimate of drug-likeness (QED) is 0.625. The highest BCUT2D eigenvalue weighted by atomic mass is 32.2. The molecule has 1 aliphatic heterocycles. The molecular weight excluding hydrogens is 171 g/mol. The summed E-state index contributed by atoms with van der Waals surface area (Å²) in [6.45, 7) is 0.271. The van der Waals surface area contributed by atoms with Crippen LogP contribution < -0.4 is 4.72 Å². The van der Waals surface area contributed by atoms with Crippen LogP contribution in [0.1, 0.15) is 6.42 Å². The highest BCUT2D eigenvalue weighted by Crippen LogP contribution is 2.14. The Hall–Kier alpha value is -0.200. The van der Waals surface area contributed by atoms with Gasteiger partial charge in [0, 0.05) is 20.1 Å². The van der Waals surface area contributed by atoms with E-state index in [0.717, 1.165) is 4.31 Å². The van der Waals surface area contributed by atoms with Crippen LogP contribution in [0.5, 0.6) is 0 Å². The van der Waals surface area contributed by atoms with Gasteiger partial charge in [0.1, 0.15) is 6.17 Å². The minimum atomic E-state index is -3.39. The van der Waals surface area contributed by atoms with E-state index in [0.29, 0.717) is 6.42 Å². The Bertz CT molecular complexity index is 229. The minimum absolute atomic E-state index is 0.0107. The lowest BCUT2D eigenvalue weighted by Gasteiger charge is -2.13. The molecule has 0 radical (unpaired) electrons. The van der Waals surface area contributed by atoms with Crippen LogP contribution in [-0.2, 0) is 10.2 Å². The number of halogens is 1. The zero-order chi connectivity index (χ0) is 8.48. The van der Waals surface area contributed by atoms with E-state index in [4.69, 9.17) is 0 Å². The Balaban J connectivity index is 2.64. The summed E-state index contributed by atoms with van der Waals surface area (Å²) in [5.41, 5.74) is 0. The maximum atomic E-state index is 12.5. The van der Waals surface area contributed by atoms with Gasteiger partial charge in [0.2, 0.25) is 0 Å². The number of hydrogen-bond acceptors (Lipinski definition) is 2. The summed E-state index contributed by atoms with van der Waals surface area (Å²) in [5, 5.41) is 0. The molecule has 1 saturated heterocycles. The van der Waals surface area contributed by atoms with E-state index in [1.165, 1.54) is 7.05 Å². The Morgan fingerprint density at radius 1 is 1.64 bits per heavy atom. The summed E-state index contributed by atoms with van der Waals surface area (Å²) >= 11 is 0. The van der Waals surface area contributed by atoms with Crippen LogP contribution in [0.4, 0.5) is 4.39 Å². The second-order valence-electron chi connectivity index (χ2n) is 2.45. The minimum Gasteiger partial charge on any atom is -0.246 e. The summed E-state index contributed by atoms with van der Waals surface area (Å²) < 4.78 is 37.7. The molecule has 1 rings (SSSR count). The molecule has 0 spiro atoms. The smallest absolute Gasteiger partial charge is 0.246 e. The van der Waals surface area contributed by atoms with Crippen molar-refractivity contribution in [3.8, 4) is 0 Å². The van der Waals surface area contributed by atoms with Gasteiger partial charge in [0.25, 0.3) is 10.2 Å². The third-order valence-electron chi connectivity index (χ3n) is 1.69. The zero-order valence-electron chi connectivity index (χ0n) is 6.25. The first-order valence-electron chi connectivity index (χ1n) is 3.39. The maximum absolute atomic E-state index is 12.5. The lowest BCUT2D eigenvalue weighted by atomic mass is 10.4. The van der Waals surface area contributed by atoms with Crippen LogP contribution in [0.2, 0.25) is 0 Å². The van der Waals surface area contributed by atoms with Crippen LogP contribution in [0, 0.1) is 0 Å². The molecule has 11 heavy (non-hydrogen) atoms. The largest absolute Gasteiger partial charge is 0.279 e. The van der Waals surface area contributed by atoms with Gasteiger partial charge in [-0.3, -0.25) is 0 Å². The summed E-state index contributed by atoms with van der Waals surface area (Å²) in [6, 6.07) is 0. The fraction of sp³-hybridized carbons (Fsp3) is 1.00. The Labute approximate surface area is 65.6 Å². The standard InChI is InChI=1S/C5H11FN2O2S/c1-7-11(9,10)8-3-2-5(6)4-8/h5,7H,2-4H2,1H3/t5-/m1/s1. The Morgan fingerprint density at radius 2 is 2.27 bits per heavy atom. The van der Waals surface area contributed by atoms with Crippen molar-refractivity contribution in [2.75, 3.05) is 20.1 Å². The molecule has 6 heteroatoms. The van der Waals surface area contributed by atoms with Gasteiger partial charge in [-0.05, 0) is 6.42 Å². The van der Waals surface area contributed by atoms with Crippen molar-refractivity contribution >= 4 is 10.2 Å². The maximum Gasteiger partial charge on any atom is 0.279 e. The van der Waals surface area contributed by atoms with E-state index in [-0.39, 0.29) is 13.1 Å². The van der Waals surface area contributed by atoms with E-state index < -0.39 is 16.4 Å². The fourth-order valence-electron chi connectivity index (χ4n) is 1.04. The van der Waals surface area contributed by atoms with Crippen LogP contribution in [0.25, 0.3) is 0 Å². The van der Waals surface area contributed by atoms with E-state index in [1.54, 1.807) is 0 Å². The highest BCUT2D eigenvalue weighted by molar-refractivity contribution is 7.87. The summed E-state index contributed by atoms with van der Waals surface area (Å²) in [7, 11) is -2.07. The van der Waals surface area contributed by atoms with Crippen LogP contribution in [-0.4, -0.2) is 39.0 Å². The second kappa shape index (κ2) is 3.04. The van der Waals surface area contributed by atoms with Gasteiger partial charge < -0.3 is 0 Å². The Morgan fingerprint density at radius 3 is 2.64 bits per heavy atom. The first-order valence-corrected chi connectivity index (χ1v) is 4.83. The van der Waals surface area contributed by atoms with Gasteiger partial charge in [0.05, 0.1) is 0 Å². The zero-order valence-corrected chi connectivity index (χ0v) is 7.07. The van der Waals surface area contributed by atoms with E-state index >= 15 is 0 Å². The summed E-state index contributed by atoms with van der Waals surface area (Å²) in [4.78, 5) is 0. The Kier molecular flexibility index (Phi) is 2.46. The average molecular weight is 182 g/mol. The van der Waals surface area contributed by atoms with E-state index in [1.807, 2.05) is 0 Å². The van der Waals surface area contributed by atoms with E-state index in [2.05, 4.69) is 4.72 Å². The molecule has 0 bridgehead atoms. The van der Waals surface area contributed by atoms with Gasteiger partial charge in [-0.15, -0.1) is 0 Å². The predicted octanol–water partition coefficient (Wildman–Crippen LogP) is -0.506. The van der Waals surface area contributed by atoms with E-state index in [9.17, 15) is 12.8 Å². The topological polar surface area (TPSA) is 49.4 Å². The van der Waals surface area contributed by atoms with Crippen molar-refractivity contribution in [2.24, 2.45) is 0 Å². The van der Waals surface area contributed by atoms with Crippen molar-refractivity contribution in [3.63, 3.8) is 0 Å². The molecule has 0 unspecified atom stereocenters. The van der Waals surface area contributed by atoms with Gasteiger partial charge in [-0.2, -0.15) is 12.7 Å². The molecule has 1 heterocycles. The lowest BCUT2D eigenvalue weighted by Crippen LogP contribution is -2.37. The number of nitrogens with zero attached hydrogens (tertiary/aromatic N) is 1. The third-order valence-corrected chi connectivity index (χ3v) is 3.22. The third kappa shape index (κ3) is 1.88. The number of rotatable bonds is 2. The fourth-order valence-corrected chi connectivity index (χ4v) is 2.00. The van der Waals surface area contributed by atoms with Crippen LogP contribution in [0.15, 0.2) is 0 Å². The van der Waals surface area contributed by atoms with Gasteiger partial charge in [-0.25, -0.2) is 9.11 Å². The summed E-state index contributed by atoms with van der Waals surface area (Å²) in [5.74, 6) is 0. The van der Waals surface area contributed by atoms with Crippen molar-refractivity contribution < 1.29 is 12.8 Å². The number of nitrogens with one attached hydrogen (secondary N) is 1. The van der Waals surface area contributed by atoms with Gasteiger partial charge >= 0.3 is 0 Å². The molecule has 0 aromatic rings. The molecule has 0 amide bonds. The first-order chi connectivity index (χ1) is 5.06. The molecule has 66 valence electrons. The molecule has 0 aliphatic carbocycles. The molecule has 0 saturated carbocycles. The van der Waals surface area contributed by atoms with Crippen LogP contribution >= 0.6 is 0 Å². The normalized spacial score (nSPS) is 27.6. The number of hydrogen-bond donors (Lipinski definition) is 1. The van der Waals surface area contributed by atoms with Crippen molar-refractivity contribution in [1.82, 2.24) is 9.03 Å². The monoisotopic (exact) mass is 182 g/mol. The molecular formula is C5H11FN2O2S.